The van der Waals surface area contributed by atoms with Gasteiger partial charge in [0.15, 0.2) is 0 Å². The Bertz CT molecular complexity index is 371. The lowest BCUT2D eigenvalue weighted by Crippen LogP contribution is -2.44. The predicted molar refractivity (Wildman–Crippen MR) is 69.4 cm³/mol. The monoisotopic (exact) mass is 252 g/mol. The molecule has 1 aliphatic rings. The van der Waals surface area contributed by atoms with Crippen molar-refractivity contribution in [2.45, 2.75) is 18.9 Å². The summed E-state index contributed by atoms with van der Waals surface area (Å²) < 4.78 is 10.3. The number of aromatic nitrogens is 2. The van der Waals surface area contributed by atoms with E-state index in [0.717, 1.165) is 19.5 Å². The van der Waals surface area contributed by atoms with E-state index in [0.29, 0.717) is 23.8 Å². The molecule has 0 amide bonds. The summed E-state index contributed by atoms with van der Waals surface area (Å²) in [5.74, 6) is 1.68. The van der Waals surface area contributed by atoms with Crippen LogP contribution in [0.5, 0.6) is 11.8 Å². The van der Waals surface area contributed by atoms with E-state index in [-0.39, 0.29) is 0 Å². The summed E-state index contributed by atoms with van der Waals surface area (Å²) >= 11 is 0. The van der Waals surface area contributed by atoms with Crippen molar-refractivity contribution in [3.8, 4) is 11.8 Å². The first-order valence-corrected chi connectivity index (χ1v) is 6.15. The maximum absolute atomic E-state index is 5.16. The molecule has 0 aromatic carbocycles. The molecule has 0 spiro atoms. The van der Waals surface area contributed by atoms with E-state index in [1.165, 1.54) is 6.42 Å². The van der Waals surface area contributed by atoms with Crippen LogP contribution in [0.4, 0.5) is 5.95 Å². The van der Waals surface area contributed by atoms with Crippen molar-refractivity contribution in [3.63, 3.8) is 0 Å². The number of methoxy groups -OCH3 is 2. The average Bonchev–Trinajstić information content (AvgIpc) is 2.46. The number of hydrogen-bond acceptors (Lipinski definition) is 6. The predicted octanol–water partition coefficient (Wildman–Crippen LogP) is 0.682. The van der Waals surface area contributed by atoms with Crippen LogP contribution >= 0.6 is 0 Å². The van der Waals surface area contributed by atoms with E-state index < -0.39 is 0 Å². The molecule has 1 aliphatic heterocycles. The highest BCUT2D eigenvalue weighted by atomic mass is 16.5. The molecule has 1 atom stereocenters. The van der Waals surface area contributed by atoms with Crippen LogP contribution in [0.2, 0.25) is 0 Å². The maximum Gasteiger partial charge on any atom is 0.232 e. The molecule has 1 saturated heterocycles. The second-order valence-electron chi connectivity index (χ2n) is 4.36. The third kappa shape index (κ3) is 2.81. The summed E-state index contributed by atoms with van der Waals surface area (Å²) in [6, 6.07) is 2.09. The van der Waals surface area contributed by atoms with Gasteiger partial charge in [0, 0.05) is 19.6 Å². The summed E-state index contributed by atoms with van der Waals surface area (Å²) in [6.45, 7) is 2.05. The number of nitrogens with one attached hydrogen (secondary N) is 1. The Morgan fingerprint density at radius 3 is 2.44 bits per heavy atom. The van der Waals surface area contributed by atoms with Crippen LogP contribution in [0, 0.1) is 0 Å². The first kappa shape index (κ1) is 12.9. The highest BCUT2D eigenvalue weighted by molar-refractivity contribution is 5.37. The van der Waals surface area contributed by atoms with Gasteiger partial charge in [-0.25, -0.2) is 0 Å². The molecular formula is C12H20N4O2. The molecule has 0 radical (unpaired) electrons. The summed E-state index contributed by atoms with van der Waals surface area (Å²) in [6.07, 6.45) is 2.32. The largest absolute Gasteiger partial charge is 0.481 e. The molecule has 0 bridgehead atoms. The van der Waals surface area contributed by atoms with Crippen molar-refractivity contribution >= 4 is 5.95 Å². The molecule has 1 unspecified atom stereocenters. The number of piperidine rings is 1. The van der Waals surface area contributed by atoms with E-state index in [4.69, 9.17) is 9.47 Å². The van der Waals surface area contributed by atoms with Crippen molar-refractivity contribution in [1.82, 2.24) is 15.3 Å². The normalized spacial score (nSPS) is 19.4. The summed E-state index contributed by atoms with van der Waals surface area (Å²) in [5, 5.41) is 3.38. The second-order valence-corrected chi connectivity index (χ2v) is 4.36. The second kappa shape index (κ2) is 5.86. The topological polar surface area (TPSA) is 59.5 Å². The first-order chi connectivity index (χ1) is 8.74. The molecule has 1 aromatic rings. The van der Waals surface area contributed by atoms with Crippen LogP contribution in [-0.2, 0) is 0 Å². The molecule has 100 valence electrons. The number of rotatable bonds is 4. The fraction of sp³-hybridized carbons (Fsp3) is 0.667. The van der Waals surface area contributed by atoms with Crippen molar-refractivity contribution in [2.24, 2.45) is 0 Å². The molecule has 0 aliphatic carbocycles. The highest BCUT2D eigenvalue weighted by Gasteiger charge is 2.21. The van der Waals surface area contributed by atoms with Gasteiger partial charge in [-0.2, -0.15) is 9.97 Å². The molecule has 2 heterocycles. The fourth-order valence-corrected chi connectivity index (χ4v) is 2.09. The van der Waals surface area contributed by atoms with Crippen LogP contribution in [0.15, 0.2) is 6.07 Å². The number of anilines is 1. The molecule has 6 heteroatoms. The van der Waals surface area contributed by atoms with Gasteiger partial charge in [0.25, 0.3) is 0 Å². The van der Waals surface area contributed by atoms with Crippen LogP contribution in [0.1, 0.15) is 12.8 Å². The summed E-state index contributed by atoms with van der Waals surface area (Å²) in [5.41, 5.74) is 0. The smallest absolute Gasteiger partial charge is 0.232 e. The van der Waals surface area contributed by atoms with E-state index in [2.05, 4.69) is 20.2 Å². The lowest BCUT2D eigenvalue weighted by Gasteiger charge is -2.31. The lowest BCUT2D eigenvalue weighted by atomic mass is 10.1. The zero-order valence-electron chi connectivity index (χ0n) is 11.1. The van der Waals surface area contributed by atoms with Crippen LogP contribution < -0.4 is 19.7 Å². The van der Waals surface area contributed by atoms with Gasteiger partial charge in [-0.15, -0.1) is 0 Å². The van der Waals surface area contributed by atoms with Gasteiger partial charge in [-0.3, -0.25) is 0 Å². The minimum atomic E-state index is 0.413. The van der Waals surface area contributed by atoms with Crippen molar-refractivity contribution in [2.75, 3.05) is 39.3 Å². The molecule has 18 heavy (non-hydrogen) atoms. The zero-order valence-corrected chi connectivity index (χ0v) is 11.1. The first-order valence-electron chi connectivity index (χ1n) is 6.15. The summed E-state index contributed by atoms with van der Waals surface area (Å²) in [7, 11) is 5.19. The quantitative estimate of drug-likeness (QED) is 0.850. The molecule has 1 aromatic heterocycles. The lowest BCUT2D eigenvalue weighted by molar-refractivity contribution is 0.369. The fourth-order valence-electron chi connectivity index (χ4n) is 2.09. The standard InChI is InChI=1S/C12H20N4O2/c1-16(9-5-4-6-13-8-9)12-14-10(17-2)7-11(15-12)18-3/h7,9,13H,4-6,8H2,1-3H3. The van der Waals surface area contributed by atoms with Crippen LogP contribution in [0.25, 0.3) is 0 Å². The van der Waals surface area contributed by atoms with Crippen LogP contribution in [-0.4, -0.2) is 50.4 Å². The van der Waals surface area contributed by atoms with Gasteiger partial charge >= 0.3 is 0 Å². The molecule has 6 nitrogen and oxygen atoms in total. The average molecular weight is 252 g/mol. The molecule has 1 N–H and O–H groups in total. The number of ether oxygens (including phenoxy) is 2. The van der Waals surface area contributed by atoms with E-state index in [9.17, 15) is 0 Å². The number of hydrogen-bond donors (Lipinski definition) is 1. The van der Waals surface area contributed by atoms with Crippen molar-refractivity contribution in [3.05, 3.63) is 6.07 Å². The van der Waals surface area contributed by atoms with Crippen molar-refractivity contribution in [1.29, 1.82) is 0 Å². The number of nitrogens with zero attached hydrogens (tertiary/aromatic N) is 3. The van der Waals surface area contributed by atoms with E-state index in [1.54, 1.807) is 20.3 Å². The molecule has 0 saturated carbocycles. The molecule has 1 fully saturated rings. The van der Waals surface area contributed by atoms with Gasteiger partial charge in [-0.1, -0.05) is 0 Å². The van der Waals surface area contributed by atoms with E-state index in [1.807, 2.05) is 7.05 Å². The zero-order chi connectivity index (χ0) is 13.0. The highest BCUT2D eigenvalue weighted by Crippen LogP contribution is 2.22. The van der Waals surface area contributed by atoms with Gasteiger partial charge in [0.1, 0.15) is 0 Å². The Hall–Kier alpha value is -1.56. The Kier molecular flexibility index (Phi) is 4.19. The van der Waals surface area contributed by atoms with Gasteiger partial charge < -0.3 is 19.7 Å². The van der Waals surface area contributed by atoms with Crippen molar-refractivity contribution < 1.29 is 9.47 Å². The Morgan fingerprint density at radius 1 is 1.28 bits per heavy atom. The molecular weight excluding hydrogens is 232 g/mol. The Balaban J connectivity index is 2.19. The van der Waals surface area contributed by atoms with E-state index >= 15 is 0 Å². The van der Waals surface area contributed by atoms with Gasteiger partial charge in [-0.05, 0) is 19.4 Å². The SMILES string of the molecule is COc1cc(OC)nc(N(C)C2CCCNC2)n1. The minimum absolute atomic E-state index is 0.413. The minimum Gasteiger partial charge on any atom is -0.481 e. The van der Waals surface area contributed by atoms with Gasteiger partial charge in [0.2, 0.25) is 17.7 Å². The van der Waals surface area contributed by atoms with Gasteiger partial charge in [0.05, 0.1) is 20.3 Å². The third-order valence-electron chi connectivity index (χ3n) is 3.22. The maximum atomic E-state index is 5.16. The summed E-state index contributed by atoms with van der Waals surface area (Å²) in [4.78, 5) is 10.8. The molecule has 2 rings (SSSR count). The Morgan fingerprint density at radius 2 is 1.94 bits per heavy atom. The number of likely N-dealkylation sites (N-methyl/N-ethyl adjacent to an activating group) is 1. The Labute approximate surface area is 107 Å². The third-order valence-corrected chi connectivity index (χ3v) is 3.22. The van der Waals surface area contributed by atoms with Crippen LogP contribution in [0.3, 0.4) is 0 Å².